The van der Waals surface area contributed by atoms with Crippen molar-refractivity contribution in [3.8, 4) is 10.7 Å². The molecule has 1 N–H and O–H groups in total. The fourth-order valence-electron chi connectivity index (χ4n) is 2.23. The maximum atomic E-state index is 11.5. The van der Waals surface area contributed by atoms with Crippen LogP contribution in [-0.4, -0.2) is 31.3 Å². The molecule has 0 aliphatic heterocycles. The van der Waals surface area contributed by atoms with Crippen molar-refractivity contribution in [3.05, 3.63) is 16.0 Å². The van der Waals surface area contributed by atoms with Crippen LogP contribution in [0.1, 0.15) is 24.8 Å². The van der Waals surface area contributed by atoms with Crippen LogP contribution < -0.4 is 0 Å². The number of tetrazole rings is 1. The molecule has 0 aromatic carbocycles. The largest absolute Gasteiger partial charge is 0.479 e. The van der Waals surface area contributed by atoms with Gasteiger partial charge in [0.15, 0.2) is 11.4 Å². The van der Waals surface area contributed by atoms with Crippen LogP contribution in [0.25, 0.3) is 10.7 Å². The smallest absolute Gasteiger partial charge is 0.331 e. The summed E-state index contributed by atoms with van der Waals surface area (Å²) in [6.45, 7) is 1.90. The summed E-state index contributed by atoms with van der Waals surface area (Å²) in [5.41, 5.74) is -0.0748. The molecule has 0 bridgehead atoms. The highest BCUT2D eigenvalue weighted by Gasteiger charge is 2.49. The van der Waals surface area contributed by atoms with E-state index in [4.69, 9.17) is 11.6 Å². The molecule has 19 heavy (non-hydrogen) atoms. The van der Waals surface area contributed by atoms with Crippen LogP contribution in [-0.2, 0) is 10.3 Å². The second-order valence-electron chi connectivity index (χ2n) is 4.67. The molecule has 1 aliphatic carbocycles. The van der Waals surface area contributed by atoms with Crippen molar-refractivity contribution in [2.45, 2.75) is 31.7 Å². The molecule has 1 fully saturated rings. The molecule has 1 saturated carbocycles. The van der Waals surface area contributed by atoms with Gasteiger partial charge in [0.05, 0.1) is 9.90 Å². The minimum absolute atomic E-state index is 0.435. The molecule has 2 heterocycles. The number of carboxylic acid groups (broad SMARTS) is 1. The first kappa shape index (κ1) is 12.6. The molecule has 0 radical (unpaired) electrons. The molecule has 0 amide bonds. The number of rotatable bonds is 3. The molecule has 0 atom stereocenters. The predicted octanol–water partition coefficient (Wildman–Crippen LogP) is 2.33. The molecular weight excluding hydrogens is 288 g/mol. The van der Waals surface area contributed by atoms with E-state index in [0.29, 0.717) is 23.7 Å². The highest BCUT2D eigenvalue weighted by molar-refractivity contribution is 7.14. The third-order valence-electron chi connectivity index (χ3n) is 3.56. The Morgan fingerprint density at radius 1 is 1.58 bits per heavy atom. The number of aromatic nitrogens is 4. The highest BCUT2D eigenvalue weighted by atomic mass is 35.5. The number of hydrogen-bond donors (Lipinski definition) is 1. The zero-order chi connectivity index (χ0) is 13.6. The van der Waals surface area contributed by atoms with E-state index in [1.807, 2.05) is 12.3 Å². The SMILES string of the molecule is Cc1csc(-c2nnnn2C2(C(=O)O)CCC2)c1Cl. The third kappa shape index (κ3) is 1.68. The van der Waals surface area contributed by atoms with Crippen LogP contribution >= 0.6 is 22.9 Å². The van der Waals surface area contributed by atoms with Crippen LogP contribution in [0.3, 0.4) is 0 Å². The Hall–Kier alpha value is -1.47. The molecule has 6 nitrogen and oxygen atoms in total. The van der Waals surface area contributed by atoms with Crippen LogP contribution in [0.5, 0.6) is 0 Å². The number of thiophene rings is 1. The minimum atomic E-state index is -1.01. The Bertz CT molecular complexity index is 647. The molecule has 2 aromatic rings. The van der Waals surface area contributed by atoms with Gasteiger partial charge in [-0.15, -0.1) is 16.4 Å². The molecular formula is C11H11ClN4O2S. The summed E-state index contributed by atoms with van der Waals surface area (Å²) in [7, 11) is 0. The third-order valence-corrected chi connectivity index (χ3v) is 5.25. The van der Waals surface area contributed by atoms with E-state index >= 15 is 0 Å². The number of nitrogens with zero attached hydrogens (tertiary/aromatic N) is 4. The summed E-state index contributed by atoms with van der Waals surface area (Å²) >= 11 is 7.64. The van der Waals surface area contributed by atoms with Crippen molar-refractivity contribution >= 4 is 28.9 Å². The Balaban J connectivity index is 2.13. The Morgan fingerprint density at radius 2 is 2.32 bits per heavy atom. The van der Waals surface area contributed by atoms with E-state index in [1.165, 1.54) is 16.0 Å². The summed E-state index contributed by atoms with van der Waals surface area (Å²) in [6, 6.07) is 0. The van der Waals surface area contributed by atoms with Gasteiger partial charge in [0, 0.05) is 0 Å². The second-order valence-corrected chi connectivity index (χ2v) is 5.92. The van der Waals surface area contributed by atoms with Crippen molar-refractivity contribution in [2.75, 3.05) is 0 Å². The summed E-state index contributed by atoms with van der Waals surface area (Å²) in [5, 5.41) is 23.4. The van der Waals surface area contributed by atoms with Crippen molar-refractivity contribution in [2.24, 2.45) is 0 Å². The van der Waals surface area contributed by atoms with Gasteiger partial charge in [-0.3, -0.25) is 0 Å². The lowest BCUT2D eigenvalue weighted by atomic mass is 9.77. The zero-order valence-corrected chi connectivity index (χ0v) is 11.7. The molecule has 100 valence electrons. The number of aliphatic carboxylic acids is 1. The highest BCUT2D eigenvalue weighted by Crippen LogP contribution is 2.43. The first-order chi connectivity index (χ1) is 9.06. The Kier molecular flexibility index (Phi) is 2.83. The minimum Gasteiger partial charge on any atom is -0.479 e. The lowest BCUT2D eigenvalue weighted by molar-refractivity contribution is -0.153. The predicted molar refractivity (Wildman–Crippen MR) is 70.3 cm³/mol. The van der Waals surface area contributed by atoms with E-state index in [1.54, 1.807) is 0 Å². The monoisotopic (exact) mass is 298 g/mol. The van der Waals surface area contributed by atoms with Gasteiger partial charge in [-0.1, -0.05) is 11.6 Å². The molecule has 0 spiro atoms. The second kappa shape index (κ2) is 4.28. The molecule has 3 rings (SSSR count). The van der Waals surface area contributed by atoms with Gasteiger partial charge in [0.25, 0.3) is 0 Å². The normalized spacial score (nSPS) is 17.2. The fourth-order valence-corrected chi connectivity index (χ4v) is 3.47. The topological polar surface area (TPSA) is 80.9 Å². The number of aryl methyl sites for hydroxylation is 1. The van der Waals surface area contributed by atoms with Crippen LogP contribution in [0, 0.1) is 6.92 Å². The lowest BCUT2D eigenvalue weighted by Crippen LogP contribution is -2.48. The van der Waals surface area contributed by atoms with E-state index in [9.17, 15) is 9.90 Å². The lowest BCUT2D eigenvalue weighted by Gasteiger charge is -2.37. The summed E-state index contributed by atoms with van der Waals surface area (Å²) in [6.07, 6.45) is 1.95. The molecule has 0 saturated heterocycles. The maximum absolute atomic E-state index is 11.5. The van der Waals surface area contributed by atoms with E-state index < -0.39 is 11.5 Å². The first-order valence-electron chi connectivity index (χ1n) is 5.82. The van der Waals surface area contributed by atoms with Crippen molar-refractivity contribution in [1.29, 1.82) is 0 Å². The summed E-state index contributed by atoms with van der Waals surface area (Å²) < 4.78 is 1.41. The van der Waals surface area contributed by atoms with Crippen LogP contribution in [0.15, 0.2) is 5.38 Å². The van der Waals surface area contributed by atoms with E-state index in [0.717, 1.165) is 16.9 Å². The average molecular weight is 299 g/mol. The molecule has 2 aromatic heterocycles. The molecule has 8 heteroatoms. The maximum Gasteiger partial charge on any atom is 0.331 e. The van der Waals surface area contributed by atoms with Gasteiger partial charge in [-0.05, 0) is 47.6 Å². The molecule has 0 unspecified atom stereocenters. The average Bonchev–Trinajstić information content (AvgIpc) is 2.87. The number of carbonyl (C=O) groups is 1. The Labute approximate surface area is 118 Å². The van der Waals surface area contributed by atoms with Gasteiger partial charge in [-0.2, -0.15) is 0 Å². The van der Waals surface area contributed by atoms with Gasteiger partial charge >= 0.3 is 5.97 Å². The van der Waals surface area contributed by atoms with Gasteiger partial charge < -0.3 is 5.11 Å². The fraction of sp³-hybridized carbons (Fsp3) is 0.455. The van der Waals surface area contributed by atoms with Gasteiger partial charge in [0.2, 0.25) is 0 Å². The van der Waals surface area contributed by atoms with Gasteiger partial charge in [-0.25, -0.2) is 9.48 Å². The van der Waals surface area contributed by atoms with E-state index in [2.05, 4.69) is 15.5 Å². The van der Waals surface area contributed by atoms with Crippen molar-refractivity contribution < 1.29 is 9.90 Å². The quantitative estimate of drug-likeness (QED) is 0.940. The standard InChI is InChI=1S/C11H11ClN4O2S/c1-6-5-19-8(7(6)12)9-13-14-15-16(9)11(10(17)18)3-2-4-11/h5H,2-4H2,1H3,(H,17,18). The van der Waals surface area contributed by atoms with Crippen LogP contribution in [0.4, 0.5) is 0 Å². The van der Waals surface area contributed by atoms with Gasteiger partial charge in [0.1, 0.15) is 0 Å². The van der Waals surface area contributed by atoms with E-state index in [-0.39, 0.29) is 0 Å². The molecule has 1 aliphatic rings. The Morgan fingerprint density at radius 3 is 2.79 bits per heavy atom. The summed E-state index contributed by atoms with van der Waals surface area (Å²) in [4.78, 5) is 12.2. The van der Waals surface area contributed by atoms with Crippen LogP contribution in [0.2, 0.25) is 5.02 Å². The zero-order valence-electron chi connectivity index (χ0n) is 10.1. The number of carboxylic acids is 1. The number of halogens is 1. The summed E-state index contributed by atoms with van der Waals surface area (Å²) in [5.74, 6) is -0.457. The van der Waals surface area contributed by atoms with Crippen molar-refractivity contribution in [1.82, 2.24) is 20.2 Å². The first-order valence-corrected chi connectivity index (χ1v) is 7.08. The number of hydrogen-bond acceptors (Lipinski definition) is 5. The van der Waals surface area contributed by atoms with Crippen molar-refractivity contribution in [3.63, 3.8) is 0 Å².